The number of benzene rings is 1. The first-order valence-corrected chi connectivity index (χ1v) is 10.8. The van der Waals surface area contributed by atoms with Crippen LogP contribution in [0.5, 0.6) is 0 Å². The SMILES string of the molecule is Cc1ccc(S(=O)(=O)N2CCN(C(CNC(=O)OC(C)(C)C)C(=O)O)CC2)cc1. The lowest BCUT2D eigenvalue weighted by molar-refractivity contribution is -0.143. The number of carbonyl (C=O) groups is 2. The Morgan fingerprint density at radius 3 is 2.17 bits per heavy atom. The molecule has 1 aromatic carbocycles. The molecule has 1 amide bonds. The number of amides is 1. The second kappa shape index (κ2) is 9.10. The molecule has 1 saturated heterocycles. The highest BCUT2D eigenvalue weighted by Crippen LogP contribution is 2.19. The van der Waals surface area contributed by atoms with Crippen LogP contribution in [0.2, 0.25) is 0 Å². The average Bonchev–Trinajstić information content (AvgIpc) is 2.61. The number of carboxylic acids is 1. The van der Waals surface area contributed by atoms with Crippen molar-refractivity contribution < 1.29 is 27.9 Å². The normalized spacial score (nSPS) is 17.5. The van der Waals surface area contributed by atoms with Gasteiger partial charge in [-0.05, 0) is 39.8 Å². The zero-order chi connectivity index (χ0) is 21.8. The summed E-state index contributed by atoms with van der Waals surface area (Å²) in [5, 5.41) is 12.0. The Labute approximate surface area is 171 Å². The van der Waals surface area contributed by atoms with E-state index in [0.717, 1.165) is 5.56 Å². The number of alkyl carbamates (subject to hydrolysis) is 1. The molecule has 0 radical (unpaired) electrons. The maximum atomic E-state index is 12.8. The topological polar surface area (TPSA) is 116 Å². The van der Waals surface area contributed by atoms with E-state index >= 15 is 0 Å². The lowest BCUT2D eigenvalue weighted by atomic mass is 10.2. The van der Waals surface area contributed by atoms with E-state index in [0.29, 0.717) is 0 Å². The molecule has 0 bridgehead atoms. The first-order chi connectivity index (χ1) is 13.4. The summed E-state index contributed by atoms with van der Waals surface area (Å²) >= 11 is 0. The van der Waals surface area contributed by atoms with Gasteiger partial charge in [0.25, 0.3) is 0 Å². The van der Waals surface area contributed by atoms with Crippen LogP contribution >= 0.6 is 0 Å². The summed E-state index contributed by atoms with van der Waals surface area (Å²) in [7, 11) is -3.62. The first-order valence-electron chi connectivity index (χ1n) is 9.41. The molecule has 1 unspecified atom stereocenters. The molecular weight excluding hydrogens is 398 g/mol. The smallest absolute Gasteiger partial charge is 0.407 e. The molecule has 1 aliphatic heterocycles. The monoisotopic (exact) mass is 427 g/mol. The fourth-order valence-electron chi connectivity index (χ4n) is 2.98. The van der Waals surface area contributed by atoms with Crippen molar-refractivity contribution in [3.8, 4) is 0 Å². The third-order valence-electron chi connectivity index (χ3n) is 4.50. The minimum atomic E-state index is -3.62. The molecule has 10 heteroatoms. The van der Waals surface area contributed by atoms with Crippen LogP contribution in [0.4, 0.5) is 4.79 Å². The van der Waals surface area contributed by atoms with Gasteiger partial charge in [0.2, 0.25) is 10.0 Å². The van der Waals surface area contributed by atoms with Crippen LogP contribution in [0, 0.1) is 6.92 Å². The zero-order valence-electron chi connectivity index (χ0n) is 17.2. The van der Waals surface area contributed by atoms with Crippen molar-refractivity contribution in [1.29, 1.82) is 0 Å². The van der Waals surface area contributed by atoms with E-state index in [2.05, 4.69) is 5.32 Å². The Bertz CT molecular complexity index is 824. The fourth-order valence-corrected chi connectivity index (χ4v) is 4.40. The number of sulfonamides is 1. The van der Waals surface area contributed by atoms with E-state index in [4.69, 9.17) is 4.74 Å². The number of hydrogen-bond acceptors (Lipinski definition) is 6. The number of ether oxygens (including phenoxy) is 1. The van der Waals surface area contributed by atoms with Crippen molar-refractivity contribution in [2.24, 2.45) is 0 Å². The van der Waals surface area contributed by atoms with Gasteiger partial charge in [0.1, 0.15) is 11.6 Å². The minimum absolute atomic E-state index is 0.130. The molecule has 1 heterocycles. The number of nitrogens with zero attached hydrogens (tertiary/aromatic N) is 2. The summed E-state index contributed by atoms with van der Waals surface area (Å²) < 4.78 is 32.0. The Morgan fingerprint density at radius 1 is 1.14 bits per heavy atom. The molecule has 9 nitrogen and oxygen atoms in total. The molecule has 0 spiro atoms. The largest absolute Gasteiger partial charge is 0.480 e. The molecule has 1 aliphatic rings. The van der Waals surface area contributed by atoms with Gasteiger partial charge in [-0.25, -0.2) is 13.2 Å². The molecular formula is C19H29N3O6S. The van der Waals surface area contributed by atoms with E-state index in [1.54, 1.807) is 49.9 Å². The first kappa shape index (κ1) is 23.1. The number of nitrogens with one attached hydrogen (secondary N) is 1. The molecule has 1 aromatic rings. The summed E-state index contributed by atoms with van der Waals surface area (Å²) in [6.45, 7) is 7.75. The second-order valence-corrected chi connectivity index (χ2v) is 9.93. The summed E-state index contributed by atoms with van der Waals surface area (Å²) in [5.74, 6) is -1.09. The average molecular weight is 428 g/mol. The highest BCUT2D eigenvalue weighted by molar-refractivity contribution is 7.89. The Hall–Kier alpha value is -2.17. The van der Waals surface area contributed by atoms with Crippen LogP contribution in [0.1, 0.15) is 26.3 Å². The van der Waals surface area contributed by atoms with E-state index in [-0.39, 0.29) is 37.6 Å². The number of hydrogen-bond donors (Lipinski definition) is 2. The number of aliphatic carboxylic acids is 1. The lowest BCUT2D eigenvalue weighted by Gasteiger charge is -2.37. The number of carboxylic acid groups (broad SMARTS) is 1. The zero-order valence-corrected chi connectivity index (χ0v) is 18.0. The van der Waals surface area contributed by atoms with Gasteiger partial charge in [-0.3, -0.25) is 9.69 Å². The van der Waals surface area contributed by atoms with E-state index < -0.39 is 33.7 Å². The van der Waals surface area contributed by atoms with Gasteiger partial charge in [0.15, 0.2) is 0 Å². The van der Waals surface area contributed by atoms with Gasteiger partial charge in [-0.15, -0.1) is 0 Å². The summed E-state index contributed by atoms with van der Waals surface area (Å²) in [6, 6.07) is 5.66. The van der Waals surface area contributed by atoms with Crippen LogP contribution in [-0.4, -0.2) is 79.2 Å². The maximum Gasteiger partial charge on any atom is 0.407 e. The number of piperazine rings is 1. The van der Waals surface area contributed by atoms with E-state index in [9.17, 15) is 23.1 Å². The third-order valence-corrected chi connectivity index (χ3v) is 6.41. The Morgan fingerprint density at radius 2 is 1.69 bits per heavy atom. The van der Waals surface area contributed by atoms with Crippen LogP contribution < -0.4 is 5.32 Å². The summed E-state index contributed by atoms with van der Waals surface area (Å²) in [4.78, 5) is 25.3. The van der Waals surface area contributed by atoms with Gasteiger partial charge >= 0.3 is 12.1 Å². The molecule has 2 N–H and O–H groups in total. The molecule has 0 aromatic heterocycles. The van der Waals surface area contributed by atoms with Crippen LogP contribution in [0.15, 0.2) is 29.2 Å². The predicted molar refractivity (Wildman–Crippen MR) is 107 cm³/mol. The molecule has 162 valence electrons. The number of rotatable bonds is 6. The van der Waals surface area contributed by atoms with Crippen molar-refractivity contribution in [1.82, 2.24) is 14.5 Å². The second-order valence-electron chi connectivity index (χ2n) is 7.99. The maximum absolute atomic E-state index is 12.8. The van der Waals surface area contributed by atoms with Crippen LogP contribution in [-0.2, 0) is 19.6 Å². The van der Waals surface area contributed by atoms with Gasteiger partial charge < -0.3 is 15.2 Å². The molecule has 0 saturated carbocycles. The van der Waals surface area contributed by atoms with Crippen LogP contribution in [0.25, 0.3) is 0 Å². The third kappa shape index (κ3) is 6.41. The molecule has 0 aliphatic carbocycles. The predicted octanol–water partition coefficient (Wildman–Crippen LogP) is 1.28. The Kier molecular flexibility index (Phi) is 7.25. The molecule has 1 fully saturated rings. The van der Waals surface area contributed by atoms with Crippen molar-refractivity contribution in [3.05, 3.63) is 29.8 Å². The lowest BCUT2D eigenvalue weighted by Crippen LogP contribution is -2.57. The van der Waals surface area contributed by atoms with Crippen molar-refractivity contribution in [2.75, 3.05) is 32.7 Å². The minimum Gasteiger partial charge on any atom is -0.480 e. The van der Waals surface area contributed by atoms with Crippen molar-refractivity contribution >= 4 is 22.1 Å². The molecule has 2 rings (SSSR count). The molecule has 29 heavy (non-hydrogen) atoms. The van der Waals surface area contributed by atoms with Gasteiger partial charge in [0, 0.05) is 32.7 Å². The standard InChI is InChI=1S/C19H29N3O6S/c1-14-5-7-15(8-6-14)29(26,27)22-11-9-21(10-12-22)16(17(23)24)13-20-18(25)28-19(2,3)4/h5-8,16H,9-13H2,1-4H3,(H,20,25)(H,23,24). The van der Waals surface area contributed by atoms with Gasteiger partial charge in [0.05, 0.1) is 4.90 Å². The highest BCUT2D eigenvalue weighted by atomic mass is 32.2. The summed E-state index contributed by atoms with van der Waals surface area (Å²) in [5.41, 5.74) is 0.286. The van der Waals surface area contributed by atoms with E-state index in [1.807, 2.05) is 6.92 Å². The Balaban J connectivity index is 1.97. The highest BCUT2D eigenvalue weighted by Gasteiger charge is 2.34. The number of aryl methyl sites for hydroxylation is 1. The molecule has 1 atom stereocenters. The van der Waals surface area contributed by atoms with Crippen LogP contribution in [0.3, 0.4) is 0 Å². The fraction of sp³-hybridized carbons (Fsp3) is 0.579. The van der Waals surface area contributed by atoms with E-state index in [1.165, 1.54) is 4.31 Å². The number of carbonyl (C=O) groups excluding carboxylic acids is 1. The summed E-state index contributed by atoms with van der Waals surface area (Å²) in [6.07, 6.45) is -0.690. The van der Waals surface area contributed by atoms with Gasteiger partial charge in [-0.2, -0.15) is 4.31 Å². The van der Waals surface area contributed by atoms with Crippen molar-refractivity contribution in [3.63, 3.8) is 0 Å². The quantitative estimate of drug-likeness (QED) is 0.702. The van der Waals surface area contributed by atoms with Gasteiger partial charge in [-0.1, -0.05) is 17.7 Å². The van der Waals surface area contributed by atoms with Crippen molar-refractivity contribution in [2.45, 2.75) is 44.2 Å².